The molecule has 1 aromatic rings. The molecule has 0 aromatic carbocycles. The van der Waals surface area contributed by atoms with Crippen molar-refractivity contribution in [2.24, 2.45) is 5.92 Å². The first kappa shape index (κ1) is 11.2. The second-order valence-corrected chi connectivity index (χ2v) is 3.14. The molecule has 0 spiro atoms. The average molecular weight is 212 g/mol. The molecular formula is C9H12N2O4. The Morgan fingerprint density at radius 1 is 1.67 bits per heavy atom. The molecule has 0 bridgehead atoms. The molecule has 1 amide bonds. The summed E-state index contributed by atoms with van der Waals surface area (Å²) in [6.45, 7) is 3.15. The normalized spacial score (nSPS) is 12.1. The van der Waals surface area contributed by atoms with Crippen LogP contribution in [0.2, 0.25) is 0 Å². The van der Waals surface area contributed by atoms with E-state index in [9.17, 15) is 9.59 Å². The zero-order valence-electron chi connectivity index (χ0n) is 8.48. The summed E-state index contributed by atoms with van der Waals surface area (Å²) in [5, 5.41) is 11.0. The smallest absolute Gasteiger partial charge is 0.315 e. The van der Waals surface area contributed by atoms with Crippen molar-refractivity contribution in [3.05, 3.63) is 17.8 Å². The van der Waals surface area contributed by atoms with Gasteiger partial charge in [-0.25, -0.2) is 4.98 Å². The van der Waals surface area contributed by atoms with Crippen LogP contribution in [0.25, 0.3) is 0 Å². The molecule has 0 aliphatic carbocycles. The van der Waals surface area contributed by atoms with Gasteiger partial charge in [-0.15, -0.1) is 0 Å². The molecule has 2 N–H and O–H groups in total. The van der Waals surface area contributed by atoms with Crippen molar-refractivity contribution in [1.82, 2.24) is 10.3 Å². The number of hydrogen-bond donors (Lipinski definition) is 2. The van der Waals surface area contributed by atoms with Crippen LogP contribution in [-0.2, 0) is 16.1 Å². The minimum Gasteiger partial charge on any atom is -0.481 e. The van der Waals surface area contributed by atoms with Crippen LogP contribution in [0.5, 0.6) is 0 Å². The van der Waals surface area contributed by atoms with Crippen LogP contribution in [0.15, 0.2) is 10.6 Å². The molecule has 1 unspecified atom stereocenters. The van der Waals surface area contributed by atoms with Crippen molar-refractivity contribution in [2.75, 3.05) is 0 Å². The van der Waals surface area contributed by atoms with E-state index in [1.165, 1.54) is 13.1 Å². The highest BCUT2D eigenvalue weighted by molar-refractivity contribution is 5.96. The lowest BCUT2D eigenvalue weighted by molar-refractivity contribution is -0.146. The Labute approximate surface area is 86.3 Å². The Hall–Kier alpha value is -1.85. The standard InChI is InChI=1S/C9H12N2O4/c1-5-3-10-7(15-5)4-11-8(12)6(2)9(13)14/h3,6H,4H2,1-2H3,(H,11,12)(H,13,14). The van der Waals surface area contributed by atoms with Gasteiger partial charge in [0.15, 0.2) is 0 Å². The minimum atomic E-state index is -1.16. The lowest BCUT2D eigenvalue weighted by atomic mass is 10.2. The molecule has 82 valence electrons. The van der Waals surface area contributed by atoms with Gasteiger partial charge in [-0.2, -0.15) is 0 Å². The highest BCUT2D eigenvalue weighted by atomic mass is 16.4. The van der Waals surface area contributed by atoms with E-state index in [0.717, 1.165) is 0 Å². The number of oxazole rings is 1. The lowest BCUT2D eigenvalue weighted by Gasteiger charge is -2.05. The average Bonchev–Trinajstić information content (AvgIpc) is 2.59. The molecule has 1 atom stereocenters. The quantitative estimate of drug-likeness (QED) is 0.701. The van der Waals surface area contributed by atoms with Gasteiger partial charge in [0, 0.05) is 0 Å². The van der Waals surface area contributed by atoms with E-state index in [-0.39, 0.29) is 6.54 Å². The summed E-state index contributed by atoms with van der Waals surface area (Å²) < 4.78 is 5.10. The van der Waals surface area contributed by atoms with Crippen LogP contribution in [-0.4, -0.2) is 22.0 Å². The zero-order chi connectivity index (χ0) is 11.4. The maximum absolute atomic E-state index is 11.2. The first-order valence-corrected chi connectivity index (χ1v) is 4.42. The van der Waals surface area contributed by atoms with Crippen molar-refractivity contribution in [1.29, 1.82) is 0 Å². The van der Waals surface area contributed by atoms with Crippen molar-refractivity contribution >= 4 is 11.9 Å². The molecule has 1 rings (SSSR count). The lowest BCUT2D eigenvalue weighted by Crippen LogP contribution is -2.33. The second-order valence-electron chi connectivity index (χ2n) is 3.14. The first-order chi connectivity index (χ1) is 7.00. The number of aromatic nitrogens is 1. The highest BCUT2D eigenvalue weighted by Crippen LogP contribution is 2.01. The first-order valence-electron chi connectivity index (χ1n) is 4.42. The molecule has 0 fully saturated rings. The van der Waals surface area contributed by atoms with Crippen molar-refractivity contribution < 1.29 is 19.1 Å². The largest absolute Gasteiger partial charge is 0.481 e. The highest BCUT2D eigenvalue weighted by Gasteiger charge is 2.20. The SMILES string of the molecule is Cc1cnc(CNC(=O)C(C)C(=O)O)o1. The number of carbonyl (C=O) groups is 2. The molecular weight excluding hydrogens is 200 g/mol. The van der Waals surface area contributed by atoms with Gasteiger partial charge in [-0.05, 0) is 13.8 Å². The fraction of sp³-hybridized carbons (Fsp3) is 0.444. The summed E-state index contributed by atoms with van der Waals surface area (Å²) in [7, 11) is 0. The number of carboxylic acid groups (broad SMARTS) is 1. The summed E-state index contributed by atoms with van der Waals surface area (Å²) in [5.41, 5.74) is 0. The number of nitrogens with one attached hydrogen (secondary N) is 1. The third-order valence-corrected chi connectivity index (χ3v) is 1.85. The number of rotatable bonds is 4. The fourth-order valence-electron chi connectivity index (χ4n) is 0.911. The molecule has 0 radical (unpaired) electrons. The minimum absolute atomic E-state index is 0.101. The van der Waals surface area contributed by atoms with Gasteiger partial charge in [-0.3, -0.25) is 9.59 Å². The summed E-state index contributed by atoms with van der Waals surface area (Å²) in [4.78, 5) is 25.5. The van der Waals surface area contributed by atoms with Gasteiger partial charge in [-0.1, -0.05) is 0 Å². The Balaban J connectivity index is 2.44. The molecule has 6 nitrogen and oxygen atoms in total. The van der Waals surface area contributed by atoms with Crippen LogP contribution >= 0.6 is 0 Å². The van der Waals surface area contributed by atoms with Gasteiger partial charge < -0.3 is 14.8 Å². The van der Waals surface area contributed by atoms with E-state index in [1.54, 1.807) is 6.92 Å². The van der Waals surface area contributed by atoms with Gasteiger partial charge in [0.1, 0.15) is 11.7 Å². The summed E-state index contributed by atoms with van der Waals surface area (Å²) in [6, 6.07) is 0. The maximum Gasteiger partial charge on any atom is 0.315 e. The number of carboxylic acids is 1. The Bertz CT molecular complexity index is 372. The van der Waals surface area contributed by atoms with E-state index >= 15 is 0 Å². The molecule has 1 heterocycles. The van der Waals surface area contributed by atoms with Gasteiger partial charge in [0.25, 0.3) is 0 Å². The van der Waals surface area contributed by atoms with Crippen molar-refractivity contribution in [3.8, 4) is 0 Å². The van der Waals surface area contributed by atoms with Crippen molar-refractivity contribution in [3.63, 3.8) is 0 Å². The molecule has 0 aliphatic rings. The number of aryl methyl sites for hydroxylation is 1. The van der Waals surface area contributed by atoms with E-state index in [2.05, 4.69) is 10.3 Å². The van der Waals surface area contributed by atoms with Gasteiger partial charge in [0.2, 0.25) is 11.8 Å². The van der Waals surface area contributed by atoms with Crippen LogP contribution in [0.3, 0.4) is 0 Å². The van der Waals surface area contributed by atoms with E-state index < -0.39 is 17.8 Å². The molecule has 1 aromatic heterocycles. The summed E-state index contributed by atoms with van der Waals surface area (Å²) in [6.07, 6.45) is 1.53. The Morgan fingerprint density at radius 3 is 2.80 bits per heavy atom. The zero-order valence-corrected chi connectivity index (χ0v) is 8.48. The third kappa shape index (κ3) is 3.08. The summed E-state index contributed by atoms with van der Waals surface area (Å²) >= 11 is 0. The number of aliphatic carboxylic acids is 1. The number of amides is 1. The van der Waals surface area contributed by atoms with Crippen LogP contribution in [0.4, 0.5) is 0 Å². The van der Waals surface area contributed by atoms with E-state index in [0.29, 0.717) is 11.7 Å². The summed E-state index contributed by atoms with van der Waals surface area (Å²) in [5.74, 6) is -1.78. The number of nitrogens with zero attached hydrogens (tertiary/aromatic N) is 1. The Morgan fingerprint density at radius 2 is 2.33 bits per heavy atom. The van der Waals surface area contributed by atoms with Crippen LogP contribution in [0, 0.1) is 12.8 Å². The van der Waals surface area contributed by atoms with Crippen LogP contribution in [0.1, 0.15) is 18.6 Å². The molecule has 6 heteroatoms. The van der Waals surface area contributed by atoms with Crippen molar-refractivity contribution in [2.45, 2.75) is 20.4 Å². The van der Waals surface area contributed by atoms with E-state index in [1.807, 2.05) is 0 Å². The fourth-order valence-corrected chi connectivity index (χ4v) is 0.911. The molecule has 0 saturated carbocycles. The predicted molar refractivity (Wildman–Crippen MR) is 49.9 cm³/mol. The Kier molecular flexibility index (Phi) is 3.43. The predicted octanol–water partition coefficient (Wildman–Crippen LogP) is 0.320. The monoisotopic (exact) mass is 212 g/mol. The maximum atomic E-state index is 11.2. The van der Waals surface area contributed by atoms with Gasteiger partial charge >= 0.3 is 5.97 Å². The molecule has 0 saturated heterocycles. The van der Waals surface area contributed by atoms with Gasteiger partial charge in [0.05, 0.1) is 12.7 Å². The molecule has 0 aliphatic heterocycles. The molecule has 15 heavy (non-hydrogen) atoms. The number of carbonyl (C=O) groups excluding carboxylic acids is 1. The third-order valence-electron chi connectivity index (χ3n) is 1.85. The van der Waals surface area contributed by atoms with Crippen LogP contribution < -0.4 is 5.32 Å². The second kappa shape index (κ2) is 4.59. The van der Waals surface area contributed by atoms with E-state index in [4.69, 9.17) is 9.52 Å². The number of hydrogen-bond acceptors (Lipinski definition) is 4. The topological polar surface area (TPSA) is 92.4 Å².